The molecule has 0 spiro atoms. The van der Waals surface area contributed by atoms with Crippen molar-refractivity contribution in [3.05, 3.63) is 38.9 Å². The van der Waals surface area contributed by atoms with Crippen molar-refractivity contribution in [3.63, 3.8) is 0 Å². The Labute approximate surface area is 131 Å². The third kappa shape index (κ3) is 4.19. The van der Waals surface area contributed by atoms with Crippen LogP contribution in [0.1, 0.15) is 26.7 Å². The van der Waals surface area contributed by atoms with Crippen LogP contribution in [0.4, 0.5) is 0 Å². The van der Waals surface area contributed by atoms with Crippen LogP contribution in [0, 0.1) is 3.57 Å². The second kappa shape index (κ2) is 5.81. The topological polar surface area (TPSA) is 38.1 Å². The molecule has 0 saturated heterocycles. The average Bonchev–Trinajstić information content (AvgIpc) is 2.77. The molecule has 0 aliphatic heterocycles. The van der Waals surface area contributed by atoms with Crippen molar-refractivity contribution in [1.82, 2.24) is 10.3 Å². The lowest BCUT2D eigenvalue weighted by Gasteiger charge is -2.18. The summed E-state index contributed by atoms with van der Waals surface area (Å²) in [7, 11) is 0. The van der Waals surface area contributed by atoms with Gasteiger partial charge < -0.3 is 9.73 Å². The van der Waals surface area contributed by atoms with Crippen LogP contribution in [0.3, 0.4) is 0 Å². The summed E-state index contributed by atoms with van der Waals surface area (Å²) in [6, 6.07) is 5.73. The molecule has 0 atom stereocenters. The second-order valence-corrected chi connectivity index (χ2v) is 6.94. The SMILES string of the molecule is CC(C)(C)NCc1ncc(-c2cc(Cl)ccc2I)o1. The van der Waals surface area contributed by atoms with Gasteiger partial charge in [-0.15, -0.1) is 0 Å². The number of hydrogen-bond donors (Lipinski definition) is 1. The molecule has 5 heteroatoms. The normalized spacial score (nSPS) is 11.8. The summed E-state index contributed by atoms with van der Waals surface area (Å²) < 4.78 is 6.86. The molecule has 102 valence electrons. The summed E-state index contributed by atoms with van der Waals surface area (Å²) in [6.45, 7) is 6.94. The zero-order valence-electron chi connectivity index (χ0n) is 11.1. The molecule has 2 rings (SSSR count). The molecule has 0 aliphatic rings. The highest BCUT2D eigenvalue weighted by molar-refractivity contribution is 14.1. The minimum atomic E-state index is 0.0408. The first kappa shape index (κ1) is 14.8. The van der Waals surface area contributed by atoms with Gasteiger partial charge in [0.25, 0.3) is 0 Å². The molecule has 1 aromatic carbocycles. The summed E-state index contributed by atoms with van der Waals surface area (Å²) in [5.41, 5.74) is 1.02. The highest BCUT2D eigenvalue weighted by Gasteiger charge is 2.13. The highest BCUT2D eigenvalue weighted by atomic mass is 127. The molecule has 1 aromatic heterocycles. The van der Waals surface area contributed by atoms with Crippen LogP contribution in [0.15, 0.2) is 28.8 Å². The molecule has 0 bridgehead atoms. The van der Waals surface area contributed by atoms with Crippen LogP contribution >= 0.6 is 34.2 Å². The van der Waals surface area contributed by atoms with E-state index in [1.165, 1.54) is 0 Å². The molecular weight excluding hydrogens is 375 g/mol. The smallest absolute Gasteiger partial charge is 0.208 e. The first-order valence-electron chi connectivity index (χ1n) is 6.00. The molecule has 3 nitrogen and oxygen atoms in total. The number of halogens is 2. The van der Waals surface area contributed by atoms with Gasteiger partial charge in [0.15, 0.2) is 5.76 Å². The van der Waals surface area contributed by atoms with E-state index in [2.05, 4.69) is 53.7 Å². The van der Waals surface area contributed by atoms with E-state index >= 15 is 0 Å². The molecule has 0 radical (unpaired) electrons. The number of aromatic nitrogens is 1. The number of benzene rings is 1. The van der Waals surface area contributed by atoms with Gasteiger partial charge in [-0.3, -0.25) is 0 Å². The van der Waals surface area contributed by atoms with E-state index in [1.54, 1.807) is 6.20 Å². The zero-order valence-corrected chi connectivity index (χ0v) is 14.0. The number of nitrogens with zero attached hydrogens (tertiary/aromatic N) is 1. The highest BCUT2D eigenvalue weighted by Crippen LogP contribution is 2.28. The van der Waals surface area contributed by atoms with Crippen LogP contribution in [-0.4, -0.2) is 10.5 Å². The molecule has 0 saturated carbocycles. The summed E-state index contributed by atoms with van der Waals surface area (Å²) >= 11 is 8.28. The van der Waals surface area contributed by atoms with E-state index in [9.17, 15) is 0 Å². The Morgan fingerprint density at radius 2 is 2.11 bits per heavy atom. The fraction of sp³-hybridized carbons (Fsp3) is 0.357. The van der Waals surface area contributed by atoms with E-state index in [1.807, 2.05) is 18.2 Å². The van der Waals surface area contributed by atoms with Crippen molar-refractivity contribution in [2.24, 2.45) is 0 Å². The van der Waals surface area contributed by atoms with Crippen LogP contribution in [-0.2, 0) is 6.54 Å². The quantitative estimate of drug-likeness (QED) is 0.785. The van der Waals surface area contributed by atoms with Gasteiger partial charge in [0.1, 0.15) is 0 Å². The fourth-order valence-corrected chi connectivity index (χ4v) is 2.32. The lowest BCUT2D eigenvalue weighted by Crippen LogP contribution is -2.35. The number of hydrogen-bond acceptors (Lipinski definition) is 3. The Bertz CT molecular complexity index is 575. The summed E-state index contributed by atoms with van der Waals surface area (Å²) in [5.74, 6) is 1.43. The third-order valence-electron chi connectivity index (χ3n) is 2.52. The van der Waals surface area contributed by atoms with Crippen LogP contribution in [0.25, 0.3) is 11.3 Å². The van der Waals surface area contributed by atoms with Crippen molar-refractivity contribution >= 4 is 34.2 Å². The van der Waals surface area contributed by atoms with Crippen molar-refractivity contribution in [2.45, 2.75) is 32.9 Å². The summed E-state index contributed by atoms with van der Waals surface area (Å²) in [5, 5.41) is 4.04. The number of oxazole rings is 1. The standard InChI is InChI=1S/C14H16ClIN2O/c1-14(2,3)18-8-13-17-7-12(19-13)10-6-9(15)4-5-11(10)16/h4-7,18H,8H2,1-3H3. The van der Waals surface area contributed by atoms with Crippen molar-refractivity contribution in [1.29, 1.82) is 0 Å². The minimum Gasteiger partial charge on any atom is -0.439 e. The minimum absolute atomic E-state index is 0.0408. The Morgan fingerprint density at radius 1 is 1.37 bits per heavy atom. The molecule has 1 heterocycles. The fourth-order valence-electron chi connectivity index (χ4n) is 1.54. The van der Waals surface area contributed by atoms with Crippen LogP contribution in [0.2, 0.25) is 5.02 Å². The molecule has 0 amide bonds. The molecule has 19 heavy (non-hydrogen) atoms. The Hall–Kier alpha value is -0.590. The Morgan fingerprint density at radius 3 is 2.79 bits per heavy atom. The van der Waals surface area contributed by atoms with E-state index in [-0.39, 0.29) is 5.54 Å². The second-order valence-electron chi connectivity index (χ2n) is 5.35. The van der Waals surface area contributed by atoms with E-state index in [0.29, 0.717) is 17.5 Å². The monoisotopic (exact) mass is 390 g/mol. The third-order valence-corrected chi connectivity index (χ3v) is 3.69. The predicted octanol–water partition coefficient (Wildman–Crippen LogP) is 4.49. The van der Waals surface area contributed by atoms with Crippen molar-refractivity contribution < 1.29 is 4.42 Å². The van der Waals surface area contributed by atoms with Gasteiger partial charge in [-0.2, -0.15) is 0 Å². The maximum Gasteiger partial charge on any atom is 0.208 e. The van der Waals surface area contributed by atoms with Gasteiger partial charge >= 0.3 is 0 Å². The van der Waals surface area contributed by atoms with Gasteiger partial charge in [-0.1, -0.05) is 11.6 Å². The van der Waals surface area contributed by atoms with Gasteiger partial charge in [0, 0.05) is 19.7 Å². The number of nitrogens with one attached hydrogen (secondary N) is 1. The molecule has 1 N–H and O–H groups in total. The van der Waals surface area contributed by atoms with Crippen molar-refractivity contribution in [3.8, 4) is 11.3 Å². The first-order chi connectivity index (χ1) is 8.85. The Kier molecular flexibility index (Phi) is 4.53. The van der Waals surface area contributed by atoms with Gasteiger partial charge in [0.05, 0.1) is 12.7 Å². The van der Waals surface area contributed by atoms with Gasteiger partial charge in [0.2, 0.25) is 5.89 Å². The largest absolute Gasteiger partial charge is 0.439 e. The zero-order chi connectivity index (χ0) is 14.0. The molecule has 0 unspecified atom stereocenters. The van der Waals surface area contributed by atoms with Crippen molar-refractivity contribution in [2.75, 3.05) is 0 Å². The maximum atomic E-state index is 6.02. The first-order valence-corrected chi connectivity index (χ1v) is 7.46. The summed E-state index contributed by atoms with van der Waals surface area (Å²) in [6.07, 6.45) is 1.74. The maximum absolute atomic E-state index is 6.02. The van der Waals surface area contributed by atoms with Gasteiger partial charge in [-0.25, -0.2) is 4.98 Å². The van der Waals surface area contributed by atoms with Gasteiger partial charge in [-0.05, 0) is 61.6 Å². The van der Waals surface area contributed by atoms with E-state index < -0.39 is 0 Å². The average molecular weight is 391 g/mol. The molecule has 0 fully saturated rings. The molecular formula is C14H16ClIN2O. The Balaban J connectivity index is 2.19. The predicted molar refractivity (Wildman–Crippen MR) is 86.3 cm³/mol. The lowest BCUT2D eigenvalue weighted by molar-refractivity contribution is 0.383. The molecule has 0 aliphatic carbocycles. The summed E-state index contributed by atoms with van der Waals surface area (Å²) in [4.78, 5) is 4.29. The molecule has 2 aromatic rings. The van der Waals surface area contributed by atoms with Crippen LogP contribution < -0.4 is 5.32 Å². The number of rotatable bonds is 3. The van der Waals surface area contributed by atoms with E-state index in [4.69, 9.17) is 16.0 Å². The van der Waals surface area contributed by atoms with Crippen LogP contribution in [0.5, 0.6) is 0 Å². The lowest BCUT2D eigenvalue weighted by atomic mass is 10.1. The van der Waals surface area contributed by atoms with E-state index in [0.717, 1.165) is 14.9 Å².